The fraction of sp³-hybridized carbons (Fsp3) is 0.727. The number of hydrogen-bond donors (Lipinski definition) is 0. The standard InChI is InChI=1S/C11H20O4.V.W/c1-6-9(13-3)11(15-5)10(14-4)7-8-12-2;;/h6-7,9-11H,1-5H3;;/q-2;+2;. The maximum Gasteiger partial charge on any atom is 2.00 e. The van der Waals surface area contributed by atoms with E-state index in [1.54, 1.807) is 28.4 Å². The summed E-state index contributed by atoms with van der Waals surface area (Å²) in [7, 11) is 6.59. The van der Waals surface area contributed by atoms with Gasteiger partial charge in [-0.15, -0.1) is 0 Å². The molecule has 0 N–H and O–H groups in total. The molecule has 0 aliphatic carbocycles. The van der Waals surface area contributed by atoms with E-state index < -0.39 is 0 Å². The van der Waals surface area contributed by atoms with Crippen LogP contribution < -0.4 is 0 Å². The molecule has 1 radical (unpaired) electrons. The number of methoxy groups -OCH3 is 4. The number of hydrogen-bond acceptors (Lipinski definition) is 4. The van der Waals surface area contributed by atoms with Crippen LogP contribution in [0.5, 0.6) is 0 Å². The average molecular weight is 451 g/mol. The second kappa shape index (κ2) is 12.0. The zero-order valence-corrected chi connectivity index (χ0v) is 15.2. The first-order valence-corrected chi connectivity index (χ1v) is 6.41. The van der Waals surface area contributed by atoms with Gasteiger partial charge in [-0.25, -0.2) is 0 Å². The van der Waals surface area contributed by atoms with E-state index in [9.17, 15) is 0 Å². The Morgan fingerprint density at radius 1 is 1.00 bits per heavy atom. The molecule has 0 fully saturated rings. The summed E-state index contributed by atoms with van der Waals surface area (Å²) in [6.07, 6.45) is 3.40. The molecule has 99 valence electrons. The average Bonchev–Trinajstić information content (AvgIpc) is 2.33. The predicted molar refractivity (Wildman–Crippen MR) is 58.7 cm³/mol. The second-order valence-corrected chi connectivity index (χ2v) is 4.57. The van der Waals surface area contributed by atoms with Crippen LogP contribution in [0.25, 0.3) is 0 Å². The van der Waals surface area contributed by atoms with Crippen LogP contribution >= 0.6 is 0 Å². The molecule has 4 nitrogen and oxygen atoms in total. The molecule has 0 aromatic carbocycles. The van der Waals surface area contributed by atoms with Crippen LogP contribution in [-0.4, -0.2) is 50.8 Å². The Labute approximate surface area is 127 Å². The maximum atomic E-state index is 5.42. The second-order valence-electron chi connectivity index (χ2n) is 3.12. The van der Waals surface area contributed by atoms with Crippen molar-refractivity contribution in [1.82, 2.24) is 0 Å². The molecule has 17 heavy (non-hydrogen) atoms. The molecule has 0 rings (SSSR count). The van der Waals surface area contributed by atoms with Gasteiger partial charge in [-0.1, -0.05) is 0 Å². The topological polar surface area (TPSA) is 36.9 Å². The Bertz CT molecular complexity index is 200. The number of rotatable bonds is 9. The predicted octanol–water partition coefficient (Wildman–Crippen LogP) is 0.780. The molecule has 0 aliphatic rings. The fourth-order valence-electron chi connectivity index (χ4n) is 1.41. The molecule has 6 heteroatoms. The van der Waals surface area contributed by atoms with Gasteiger partial charge in [-0.3, -0.25) is 0 Å². The molecular formula is C11H20O4VW. The molecule has 0 saturated heterocycles. The van der Waals surface area contributed by atoms with Gasteiger partial charge >= 0.3 is 127 Å². The van der Waals surface area contributed by atoms with Crippen molar-refractivity contribution in [2.75, 3.05) is 28.4 Å². The van der Waals surface area contributed by atoms with E-state index in [0.29, 0.717) is 0 Å². The molecule has 0 aromatic rings. The molecule has 3 unspecified atom stereocenters. The van der Waals surface area contributed by atoms with Crippen molar-refractivity contribution in [3.8, 4) is 0 Å². The quantitative estimate of drug-likeness (QED) is 0.486. The zero-order valence-electron chi connectivity index (χ0n) is 10.9. The van der Waals surface area contributed by atoms with Gasteiger partial charge < -0.3 is 0 Å². The molecule has 0 aliphatic heterocycles. The Morgan fingerprint density at radius 2 is 1.53 bits per heavy atom. The van der Waals surface area contributed by atoms with E-state index in [2.05, 4.69) is 0 Å². The van der Waals surface area contributed by atoms with Crippen LogP contribution in [0.15, 0.2) is 0 Å². The minimum Gasteiger partial charge on any atom is 2.00 e. The first-order valence-electron chi connectivity index (χ1n) is 4.95. The van der Waals surface area contributed by atoms with E-state index >= 15 is 0 Å². The Kier molecular flexibility index (Phi) is 14.4. The Morgan fingerprint density at radius 3 is 1.82 bits per heavy atom. The molecule has 0 amide bonds. The minimum atomic E-state index is -0.182. The van der Waals surface area contributed by atoms with Gasteiger partial charge in [-0.2, -0.15) is 0 Å². The van der Waals surface area contributed by atoms with Gasteiger partial charge in [0.1, 0.15) is 0 Å². The Hall–Kier alpha value is 0.983. The summed E-state index contributed by atoms with van der Waals surface area (Å²) in [5, 5.41) is 0. The van der Waals surface area contributed by atoms with E-state index in [4.69, 9.17) is 18.9 Å². The molecule has 0 bridgehead atoms. The van der Waals surface area contributed by atoms with Gasteiger partial charge in [0.05, 0.1) is 0 Å². The summed E-state index contributed by atoms with van der Waals surface area (Å²) in [6.45, 7) is 1.94. The molecule has 0 spiro atoms. The summed E-state index contributed by atoms with van der Waals surface area (Å²) in [5.74, 6) is 0. The third-order valence-corrected chi connectivity index (χ3v) is 3.38. The van der Waals surface area contributed by atoms with Crippen LogP contribution in [-0.2, 0) is 56.9 Å². The summed E-state index contributed by atoms with van der Waals surface area (Å²) in [5.41, 5.74) is 0. The molecule has 0 saturated carbocycles. The van der Waals surface area contributed by atoms with Gasteiger partial charge in [0.15, 0.2) is 0 Å². The summed E-state index contributed by atoms with van der Waals surface area (Å²) >= 11 is 1.25. The summed E-state index contributed by atoms with van der Waals surface area (Å²) in [6, 6.07) is 0. The van der Waals surface area contributed by atoms with Crippen LogP contribution in [0.4, 0.5) is 0 Å². The normalized spacial score (nSPS) is 15.8. The van der Waals surface area contributed by atoms with E-state index in [0.717, 1.165) is 4.08 Å². The fourth-order valence-corrected chi connectivity index (χ4v) is 1.90. The van der Waals surface area contributed by atoms with Crippen LogP contribution in [0.2, 0.25) is 0 Å². The van der Waals surface area contributed by atoms with Gasteiger partial charge in [-0.05, 0) is 0 Å². The zero-order chi connectivity index (χ0) is 12.6. The maximum absolute atomic E-state index is 5.42. The first kappa shape index (κ1) is 20.3. The van der Waals surface area contributed by atoms with E-state index in [1.165, 1.54) is 19.4 Å². The molecule has 0 heterocycles. The van der Waals surface area contributed by atoms with Gasteiger partial charge in [0.2, 0.25) is 0 Å². The van der Waals surface area contributed by atoms with Crippen molar-refractivity contribution in [3.63, 3.8) is 0 Å². The monoisotopic (exact) mass is 451 g/mol. The smallest absolute Gasteiger partial charge is 2.00 e. The van der Waals surface area contributed by atoms with E-state index in [1.807, 2.05) is 19.8 Å². The van der Waals surface area contributed by atoms with Crippen LogP contribution in [0, 0.1) is 12.8 Å². The summed E-state index contributed by atoms with van der Waals surface area (Å²) in [4.78, 5) is 0. The molecule has 0 aromatic heterocycles. The Balaban J connectivity index is 0. The third-order valence-electron chi connectivity index (χ3n) is 2.29. The van der Waals surface area contributed by atoms with Crippen LogP contribution in [0.1, 0.15) is 6.92 Å². The minimum absolute atomic E-state index is 0. The van der Waals surface area contributed by atoms with Gasteiger partial charge in [0, 0.05) is 0 Å². The van der Waals surface area contributed by atoms with Crippen molar-refractivity contribution >= 4 is 4.08 Å². The molecular weight excluding hydrogens is 431 g/mol. The van der Waals surface area contributed by atoms with Crippen molar-refractivity contribution in [1.29, 1.82) is 0 Å². The van der Waals surface area contributed by atoms with Crippen molar-refractivity contribution < 1.29 is 56.9 Å². The molecule has 3 atom stereocenters. The first-order chi connectivity index (χ1) is 7.64. The van der Waals surface area contributed by atoms with Crippen LogP contribution in [0.3, 0.4) is 0 Å². The van der Waals surface area contributed by atoms with Crippen molar-refractivity contribution in [2.45, 2.75) is 25.2 Å². The SMILES string of the molecule is C[CH-]C(OC)C(OC)C([CH-][C](=[W])OC)OC.[V+2]. The van der Waals surface area contributed by atoms with Crippen molar-refractivity contribution in [2.24, 2.45) is 0 Å². The van der Waals surface area contributed by atoms with Gasteiger partial charge in [0.25, 0.3) is 0 Å². The van der Waals surface area contributed by atoms with E-state index in [-0.39, 0.29) is 36.9 Å². The van der Waals surface area contributed by atoms with Crippen molar-refractivity contribution in [3.05, 3.63) is 12.8 Å². The number of ether oxygens (including phenoxy) is 4. The summed E-state index contributed by atoms with van der Waals surface area (Å²) < 4.78 is 22.2. The largest absolute Gasteiger partial charge is 2.00 e. The third kappa shape index (κ3) is 7.22.